The number of phenols is 1. The van der Waals surface area contributed by atoms with Gasteiger partial charge in [0.05, 0.1) is 16.5 Å². The number of phenolic OH excluding ortho intramolecular Hbond substituents is 1. The molecule has 37 heavy (non-hydrogen) atoms. The molecule has 0 aliphatic carbocycles. The molecule has 10 heteroatoms. The normalized spacial score (nSPS) is 15.2. The summed E-state index contributed by atoms with van der Waals surface area (Å²) in [6.07, 6.45) is 2.85. The molecule has 0 bridgehead atoms. The van der Waals surface area contributed by atoms with E-state index in [4.69, 9.17) is 12.2 Å². The number of carbonyl (C=O) groups is 2. The summed E-state index contributed by atoms with van der Waals surface area (Å²) in [5.74, 6) is -0.597. The average Bonchev–Trinajstić information content (AvgIpc) is 2.87. The first kappa shape index (κ1) is 25.3. The van der Waals surface area contributed by atoms with Gasteiger partial charge in [-0.15, -0.1) is 0 Å². The van der Waals surface area contributed by atoms with Crippen LogP contribution in [0.2, 0.25) is 0 Å². The molecule has 0 saturated heterocycles. The van der Waals surface area contributed by atoms with Crippen molar-refractivity contribution in [3.05, 3.63) is 117 Å². The Kier molecular flexibility index (Phi) is 7.40. The molecule has 9 nitrogen and oxygen atoms in total. The van der Waals surface area contributed by atoms with Crippen molar-refractivity contribution in [1.29, 1.82) is 0 Å². The summed E-state index contributed by atoms with van der Waals surface area (Å²) in [6, 6.07) is 18.4. The van der Waals surface area contributed by atoms with E-state index in [1.54, 1.807) is 67.6 Å². The van der Waals surface area contributed by atoms with Crippen molar-refractivity contribution >= 4 is 46.5 Å². The highest BCUT2D eigenvalue weighted by Crippen LogP contribution is 2.29. The number of anilines is 1. The summed E-state index contributed by atoms with van der Waals surface area (Å²) < 4.78 is 0. The minimum absolute atomic E-state index is 0.0588. The second-order valence-electron chi connectivity index (χ2n) is 8.25. The third kappa shape index (κ3) is 6.06. The lowest BCUT2D eigenvalue weighted by molar-refractivity contribution is -0.384. The fourth-order valence-electron chi connectivity index (χ4n) is 3.88. The van der Waals surface area contributed by atoms with Crippen LogP contribution < -0.4 is 16.0 Å². The van der Waals surface area contributed by atoms with E-state index in [2.05, 4.69) is 16.0 Å². The van der Waals surface area contributed by atoms with Crippen LogP contribution in [0.4, 0.5) is 11.4 Å². The Morgan fingerprint density at radius 1 is 1.08 bits per heavy atom. The highest BCUT2D eigenvalue weighted by molar-refractivity contribution is 7.80. The number of nitro groups is 1. The van der Waals surface area contributed by atoms with Crippen LogP contribution in [0, 0.1) is 10.1 Å². The third-order valence-electron chi connectivity index (χ3n) is 5.65. The second-order valence-corrected chi connectivity index (χ2v) is 8.65. The maximum Gasteiger partial charge on any atom is 0.270 e. The van der Waals surface area contributed by atoms with E-state index in [1.807, 2.05) is 0 Å². The maximum atomic E-state index is 13.2. The van der Waals surface area contributed by atoms with Crippen LogP contribution in [-0.2, 0) is 4.79 Å². The number of carbonyl (C=O) groups excluding carboxylic acids is 2. The van der Waals surface area contributed by atoms with Crippen LogP contribution >= 0.6 is 12.2 Å². The van der Waals surface area contributed by atoms with Gasteiger partial charge in [0, 0.05) is 29.1 Å². The number of non-ortho nitro benzene ring substituents is 1. The van der Waals surface area contributed by atoms with Gasteiger partial charge in [-0.25, -0.2) is 0 Å². The van der Waals surface area contributed by atoms with E-state index in [0.29, 0.717) is 38.8 Å². The predicted octanol–water partition coefficient (Wildman–Crippen LogP) is 4.63. The summed E-state index contributed by atoms with van der Waals surface area (Å²) in [5, 5.41) is 30.0. The summed E-state index contributed by atoms with van der Waals surface area (Å²) in [6.45, 7) is 1.74. The topological polar surface area (TPSA) is 134 Å². The Labute approximate surface area is 217 Å². The number of amides is 1. The van der Waals surface area contributed by atoms with Crippen molar-refractivity contribution in [2.45, 2.75) is 13.0 Å². The van der Waals surface area contributed by atoms with Crippen molar-refractivity contribution in [2.75, 3.05) is 5.32 Å². The highest BCUT2D eigenvalue weighted by Gasteiger charge is 2.30. The molecule has 1 atom stereocenters. The van der Waals surface area contributed by atoms with Crippen molar-refractivity contribution < 1.29 is 19.6 Å². The number of rotatable bonds is 7. The molecule has 3 aromatic rings. The van der Waals surface area contributed by atoms with Gasteiger partial charge in [-0.2, -0.15) is 0 Å². The summed E-state index contributed by atoms with van der Waals surface area (Å²) in [5.41, 5.74) is 2.99. The summed E-state index contributed by atoms with van der Waals surface area (Å²) in [4.78, 5) is 36.2. The van der Waals surface area contributed by atoms with E-state index in [1.165, 1.54) is 24.3 Å². The number of aromatic hydroxyl groups is 1. The molecule has 4 rings (SSSR count). The van der Waals surface area contributed by atoms with Crippen LogP contribution in [0.5, 0.6) is 5.75 Å². The largest absolute Gasteiger partial charge is 0.508 e. The van der Waals surface area contributed by atoms with E-state index >= 15 is 0 Å². The first-order valence-electron chi connectivity index (χ1n) is 11.2. The molecule has 1 heterocycles. The van der Waals surface area contributed by atoms with Gasteiger partial charge in [-0.3, -0.25) is 19.7 Å². The molecular formula is C27H22N4O5S. The highest BCUT2D eigenvalue weighted by atomic mass is 32.1. The molecular weight excluding hydrogens is 492 g/mol. The number of nitrogens with zero attached hydrogens (tertiary/aromatic N) is 1. The van der Waals surface area contributed by atoms with E-state index < -0.39 is 11.0 Å². The van der Waals surface area contributed by atoms with Crippen LogP contribution in [-0.4, -0.2) is 26.8 Å². The number of nitrogens with one attached hydrogen (secondary N) is 3. The van der Waals surface area contributed by atoms with Gasteiger partial charge in [0.25, 0.3) is 11.6 Å². The molecule has 1 amide bonds. The van der Waals surface area contributed by atoms with Gasteiger partial charge in [0.15, 0.2) is 10.9 Å². The quantitative estimate of drug-likeness (QED) is 0.118. The Morgan fingerprint density at radius 3 is 2.51 bits per heavy atom. The maximum absolute atomic E-state index is 13.2. The number of allylic oxidation sites excluding steroid dienone is 2. The molecule has 3 aromatic carbocycles. The van der Waals surface area contributed by atoms with Crippen molar-refractivity contribution in [2.24, 2.45) is 0 Å². The molecule has 186 valence electrons. The monoisotopic (exact) mass is 514 g/mol. The first-order valence-corrected chi connectivity index (χ1v) is 11.6. The fourth-order valence-corrected chi connectivity index (χ4v) is 4.15. The Hall–Kier alpha value is -4.83. The Bertz CT molecular complexity index is 1460. The minimum atomic E-state index is -0.569. The van der Waals surface area contributed by atoms with Crippen LogP contribution in [0.25, 0.3) is 6.08 Å². The molecule has 0 aromatic heterocycles. The SMILES string of the molecule is CC1=C(C(=O)Nc2ccc(C(=O)/C=C/c3cccc([N+](=O)[O-])c3)cc2)C(c2cccc(O)c2)NC(=S)N1. The average molecular weight is 515 g/mol. The number of nitro benzene ring substituents is 1. The summed E-state index contributed by atoms with van der Waals surface area (Å²) >= 11 is 5.25. The van der Waals surface area contributed by atoms with Crippen molar-refractivity contribution in [3.63, 3.8) is 0 Å². The number of thiocarbonyl (C=S) groups is 1. The van der Waals surface area contributed by atoms with Gasteiger partial charge in [0.1, 0.15) is 5.75 Å². The number of hydrogen-bond acceptors (Lipinski definition) is 6. The number of ketones is 1. The van der Waals surface area contributed by atoms with E-state index in [0.717, 1.165) is 0 Å². The lowest BCUT2D eigenvalue weighted by Crippen LogP contribution is -2.45. The molecule has 1 aliphatic rings. The molecule has 0 radical (unpaired) electrons. The molecule has 0 fully saturated rings. The van der Waals surface area contributed by atoms with Crippen molar-refractivity contribution in [3.8, 4) is 5.75 Å². The first-order chi connectivity index (χ1) is 17.7. The zero-order valence-corrected chi connectivity index (χ0v) is 20.4. The molecule has 0 spiro atoms. The summed E-state index contributed by atoms with van der Waals surface area (Å²) in [7, 11) is 0. The second kappa shape index (κ2) is 10.8. The number of benzene rings is 3. The van der Waals surface area contributed by atoms with Gasteiger partial charge in [0.2, 0.25) is 0 Å². The Balaban J connectivity index is 1.48. The Morgan fingerprint density at radius 2 is 1.81 bits per heavy atom. The lowest BCUT2D eigenvalue weighted by atomic mass is 9.94. The lowest BCUT2D eigenvalue weighted by Gasteiger charge is -2.30. The third-order valence-corrected chi connectivity index (χ3v) is 5.87. The van der Waals surface area contributed by atoms with E-state index in [-0.39, 0.29) is 23.1 Å². The van der Waals surface area contributed by atoms with Gasteiger partial charge in [-0.05, 0) is 72.7 Å². The molecule has 1 unspecified atom stereocenters. The minimum Gasteiger partial charge on any atom is -0.508 e. The van der Waals surface area contributed by atoms with Crippen LogP contribution in [0.1, 0.15) is 34.5 Å². The zero-order chi connectivity index (χ0) is 26.5. The smallest absolute Gasteiger partial charge is 0.270 e. The van der Waals surface area contributed by atoms with Crippen molar-refractivity contribution in [1.82, 2.24) is 10.6 Å². The fraction of sp³-hybridized carbons (Fsp3) is 0.0741. The van der Waals surface area contributed by atoms with Gasteiger partial charge >= 0.3 is 0 Å². The van der Waals surface area contributed by atoms with Crippen LogP contribution in [0.15, 0.2) is 90.1 Å². The van der Waals surface area contributed by atoms with Gasteiger partial charge in [-0.1, -0.05) is 30.3 Å². The van der Waals surface area contributed by atoms with E-state index in [9.17, 15) is 24.8 Å². The zero-order valence-electron chi connectivity index (χ0n) is 19.6. The predicted molar refractivity (Wildman–Crippen MR) is 144 cm³/mol. The standard InChI is InChI=1S/C27H22N4O5S/c1-16-24(25(30-27(37)28-16)19-5-3-7-22(32)15-19)26(34)29-20-11-9-18(10-12-20)23(33)13-8-17-4-2-6-21(14-17)31(35)36/h2-15,25,32H,1H3,(H,29,34)(H2,28,30,37)/b13-8+. The van der Waals surface area contributed by atoms with Gasteiger partial charge < -0.3 is 21.1 Å². The number of hydrogen-bond donors (Lipinski definition) is 4. The molecule has 1 aliphatic heterocycles. The van der Waals surface area contributed by atoms with Crippen LogP contribution in [0.3, 0.4) is 0 Å². The molecule has 0 saturated carbocycles. The molecule has 4 N–H and O–H groups in total.